The summed E-state index contributed by atoms with van der Waals surface area (Å²) in [6.45, 7) is 5.04. The summed E-state index contributed by atoms with van der Waals surface area (Å²) in [5.74, 6) is 1.08. The molecule has 1 heterocycles. The number of rotatable bonds is 0. The number of carbonyl (C=O) groups is 1. The van der Waals surface area contributed by atoms with Gasteiger partial charge in [-0.05, 0) is 5.92 Å². The Morgan fingerprint density at radius 3 is 2.22 bits per heavy atom. The molecule has 1 amide bonds. The van der Waals surface area contributed by atoms with E-state index in [1.54, 1.807) is 4.90 Å². The minimum Gasteiger partial charge on any atom is -0.345 e. The van der Waals surface area contributed by atoms with Gasteiger partial charge in [0.1, 0.15) is 0 Å². The molecule has 0 bridgehead atoms. The van der Waals surface area contributed by atoms with Gasteiger partial charge in [-0.3, -0.25) is 4.79 Å². The summed E-state index contributed by atoms with van der Waals surface area (Å²) < 4.78 is 0. The first-order valence-corrected chi connectivity index (χ1v) is 3.38. The van der Waals surface area contributed by atoms with Gasteiger partial charge >= 0.3 is 0 Å². The van der Waals surface area contributed by atoms with E-state index in [1.807, 2.05) is 14.0 Å². The van der Waals surface area contributed by atoms with Crippen molar-refractivity contribution in [2.24, 2.45) is 11.8 Å². The van der Waals surface area contributed by atoms with Crippen molar-refractivity contribution in [1.82, 2.24) is 4.90 Å². The van der Waals surface area contributed by atoms with Crippen LogP contribution in [-0.2, 0) is 4.79 Å². The molecule has 1 aliphatic heterocycles. The van der Waals surface area contributed by atoms with Crippen molar-refractivity contribution >= 4 is 5.91 Å². The third-order valence-electron chi connectivity index (χ3n) is 2.18. The van der Waals surface area contributed by atoms with Crippen LogP contribution in [0, 0.1) is 11.8 Å². The van der Waals surface area contributed by atoms with E-state index in [0.29, 0.717) is 11.8 Å². The molecule has 1 rings (SSSR count). The number of amides is 1. The van der Waals surface area contributed by atoms with Crippen LogP contribution in [0.4, 0.5) is 0 Å². The fourth-order valence-corrected chi connectivity index (χ4v) is 1.27. The maximum Gasteiger partial charge on any atom is 0.225 e. The van der Waals surface area contributed by atoms with E-state index < -0.39 is 0 Å². The van der Waals surface area contributed by atoms with Crippen LogP contribution in [0.1, 0.15) is 13.8 Å². The van der Waals surface area contributed by atoms with E-state index >= 15 is 0 Å². The van der Waals surface area contributed by atoms with E-state index in [1.165, 1.54) is 0 Å². The molecule has 0 radical (unpaired) electrons. The topological polar surface area (TPSA) is 20.3 Å². The highest BCUT2D eigenvalue weighted by Crippen LogP contribution is 2.21. The third kappa shape index (κ3) is 0.934. The van der Waals surface area contributed by atoms with Crippen LogP contribution in [0.3, 0.4) is 0 Å². The molecule has 0 saturated carbocycles. The predicted molar refractivity (Wildman–Crippen MR) is 36.0 cm³/mol. The maximum atomic E-state index is 11.0. The maximum absolute atomic E-state index is 11.0. The summed E-state index contributed by atoms with van der Waals surface area (Å²) in [5, 5.41) is 0. The largest absolute Gasteiger partial charge is 0.345 e. The van der Waals surface area contributed by atoms with Gasteiger partial charge in [0.15, 0.2) is 0 Å². The van der Waals surface area contributed by atoms with E-state index in [-0.39, 0.29) is 5.92 Å². The van der Waals surface area contributed by atoms with Crippen LogP contribution in [0.15, 0.2) is 0 Å². The van der Waals surface area contributed by atoms with E-state index in [2.05, 4.69) is 6.92 Å². The molecule has 1 saturated heterocycles. The first-order valence-electron chi connectivity index (χ1n) is 3.38. The molecule has 0 aromatic heterocycles. The van der Waals surface area contributed by atoms with Crippen molar-refractivity contribution < 1.29 is 4.79 Å². The molecule has 2 atom stereocenters. The van der Waals surface area contributed by atoms with Crippen LogP contribution >= 0.6 is 0 Å². The monoisotopic (exact) mass is 127 g/mol. The number of likely N-dealkylation sites (tertiary alicyclic amines) is 1. The van der Waals surface area contributed by atoms with Gasteiger partial charge in [0.25, 0.3) is 0 Å². The van der Waals surface area contributed by atoms with E-state index in [9.17, 15) is 4.79 Å². The van der Waals surface area contributed by atoms with Crippen molar-refractivity contribution in [2.45, 2.75) is 13.8 Å². The van der Waals surface area contributed by atoms with Crippen molar-refractivity contribution in [3.63, 3.8) is 0 Å². The second-order valence-electron chi connectivity index (χ2n) is 2.98. The lowest BCUT2D eigenvalue weighted by atomic mass is 10.0. The molecule has 2 nitrogen and oxygen atoms in total. The van der Waals surface area contributed by atoms with Gasteiger partial charge in [-0.15, -0.1) is 0 Å². The Morgan fingerprint density at radius 1 is 1.56 bits per heavy atom. The fraction of sp³-hybridized carbons (Fsp3) is 0.857. The molecular weight excluding hydrogens is 114 g/mol. The second kappa shape index (κ2) is 2.01. The Morgan fingerprint density at radius 2 is 2.11 bits per heavy atom. The van der Waals surface area contributed by atoms with Gasteiger partial charge in [-0.2, -0.15) is 0 Å². The normalized spacial score (nSPS) is 35.9. The number of nitrogens with zero attached hydrogens (tertiary/aromatic N) is 1. The highest BCUT2D eigenvalue weighted by atomic mass is 16.2. The molecule has 0 spiro atoms. The van der Waals surface area contributed by atoms with Gasteiger partial charge in [0.05, 0.1) is 0 Å². The lowest BCUT2D eigenvalue weighted by Gasteiger charge is -2.05. The zero-order chi connectivity index (χ0) is 7.02. The molecule has 0 aromatic rings. The summed E-state index contributed by atoms with van der Waals surface area (Å²) >= 11 is 0. The van der Waals surface area contributed by atoms with Gasteiger partial charge in [0, 0.05) is 19.5 Å². The SMILES string of the molecule is C[C@@H]1CN(C)C(=O)[C@H]1C. The van der Waals surface area contributed by atoms with Crippen LogP contribution < -0.4 is 0 Å². The minimum atomic E-state index is 0.245. The smallest absolute Gasteiger partial charge is 0.225 e. The molecule has 0 unspecified atom stereocenters. The Kier molecular flexibility index (Phi) is 1.47. The van der Waals surface area contributed by atoms with Crippen molar-refractivity contribution in [3.05, 3.63) is 0 Å². The Bertz CT molecular complexity index is 133. The third-order valence-corrected chi connectivity index (χ3v) is 2.18. The number of carbonyl (C=O) groups excluding carboxylic acids is 1. The number of hydrogen-bond donors (Lipinski definition) is 0. The molecule has 1 fully saturated rings. The van der Waals surface area contributed by atoms with Gasteiger partial charge in [0.2, 0.25) is 5.91 Å². The van der Waals surface area contributed by atoms with E-state index in [4.69, 9.17) is 0 Å². The molecule has 1 aliphatic rings. The average Bonchev–Trinajstić information content (AvgIpc) is 1.98. The van der Waals surface area contributed by atoms with Crippen molar-refractivity contribution in [1.29, 1.82) is 0 Å². The lowest BCUT2D eigenvalue weighted by molar-refractivity contribution is -0.129. The Balaban J connectivity index is 2.65. The second-order valence-corrected chi connectivity index (χ2v) is 2.98. The zero-order valence-electron chi connectivity index (χ0n) is 6.22. The first kappa shape index (κ1) is 6.59. The van der Waals surface area contributed by atoms with Crippen LogP contribution in [0.5, 0.6) is 0 Å². The fourth-order valence-electron chi connectivity index (χ4n) is 1.27. The molecule has 0 aliphatic carbocycles. The summed E-state index contributed by atoms with van der Waals surface area (Å²) in [7, 11) is 1.86. The molecular formula is C7H13NO. The van der Waals surface area contributed by atoms with Crippen LogP contribution in [-0.4, -0.2) is 24.4 Å². The van der Waals surface area contributed by atoms with Gasteiger partial charge in [-0.1, -0.05) is 13.8 Å². The van der Waals surface area contributed by atoms with Crippen LogP contribution in [0.2, 0.25) is 0 Å². The standard InChI is InChI=1S/C7H13NO/c1-5-4-8(3)7(9)6(5)2/h5-6H,4H2,1-3H3/t5-,6+/m1/s1. The van der Waals surface area contributed by atoms with Crippen LogP contribution in [0.25, 0.3) is 0 Å². The average molecular weight is 127 g/mol. The molecule has 9 heavy (non-hydrogen) atoms. The van der Waals surface area contributed by atoms with Crippen molar-refractivity contribution in [3.8, 4) is 0 Å². The highest BCUT2D eigenvalue weighted by molar-refractivity contribution is 5.80. The molecule has 2 heteroatoms. The highest BCUT2D eigenvalue weighted by Gasteiger charge is 2.31. The Labute approximate surface area is 55.8 Å². The molecule has 0 N–H and O–H groups in total. The number of hydrogen-bond acceptors (Lipinski definition) is 1. The van der Waals surface area contributed by atoms with Gasteiger partial charge in [-0.25, -0.2) is 0 Å². The predicted octanol–water partition coefficient (Wildman–Crippen LogP) is 0.731. The minimum absolute atomic E-state index is 0.245. The van der Waals surface area contributed by atoms with E-state index in [0.717, 1.165) is 6.54 Å². The van der Waals surface area contributed by atoms with Crippen molar-refractivity contribution in [2.75, 3.05) is 13.6 Å². The molecule has 52 valence electrons. The Hall–Kier alpha value is -0.530. The zero-order valence-corrected chi connectivity index (χ0v) is 6.22. The van der Waals surface area contributed by atoms with Gasteiger partial charge < -0.3 is 4.90 Å². The summed E-state index contributed by atoms with van der Waals surface area (Å²) in [6, 6.07) is 0. The lowest BCUT2D eigenvalue weighted by Crippen LogP contribution is -2.21. The first-order chi connectivity index (χ1) is 4.13. The molecule has 0 aromatic carbocycles. The quantitative estimate of drug-likeness (QED) is 0.470. The summed E-state index contributed by atoms with van der Waals surface area (Å²) in [5.41, 5.74) is 0. The summed E-state index contributed by atoms with van der Waals surface area (Å²) in [6.07, 6.45) is 0. The summed E-state index contributed by atoms with van der Waals surface area (Å²) in [4.78, 5) is 12.8.